The molecule has 1 N–H and O–H groups in total. The van der Waals surface area contributed by atoms with E-state index in [0.717, 1.165) is 0 Å². The van der Waals surface area contributed by atoms with Gasteiger partial charge in [0.1, 0.15) is 5.75 Å². The predicted molar refractivity (Wildman–Crippen MR) is 114 cm³/mol. The maximum Gasteiger partial charge on any atom is 0.273 e. The molecule has 2 aliphatic heterocycles. The molecule has 0 spiro atoms. The molecular weight excluding hydrogens is 438 g/mol. The first-order chi connectivity index (χ1) is 15.2. The highest BCUT2D eigenvalue weighted by Crippen LogP contribution is 2.33. The predicted octanol–water partition coefficient (Wildman–Crippen LogP) is 2.52. The molecule has 168 valence electrons. The third-order valence-electron chi connectivity index (χ3n) is 5.79. The molecule has 0 aromatic heterocycles. The van der Waals surface area contributed by atoms with E-state index in [4.69, 9.17) is 4.74 Å². The summed E-state index contributed by atoms with van der Waals surface area (Å²) >= 11 is 0. The number of rotatable bonds is 5. The fraction of sp³-hybridized carbons (Fsp3) is 0.333. The van der Waals surface area contributed by atoms with Crippen molar-refractivity contribution in [3.63, 3.8) is 0 Å². The Kier molecular flexibility index (Phi) is 5.70. The summed E-state index contributed by atoms with van der Waals surface area (Å²) in [6.07, 6.45) is 0.651. The number of nitro benzene ring substituents is 1. The van der Waals surface area contributed by atoms with Crippen LogP contribution in [-0.4, -0.2) is 49.0 Å². The molecule has 0 atom stereocenters. The Morgan fingerprint density at radius 1 is 1.22 bits per heavy atom. The highest BCUT2D eigenvalue weighted by molar-refractivity contribution is 7.89. The van der Waals surface area contributed by atoms with E-state index in [1.54, 1.807) is 18.2 Å². The molecule has 32 heavy (non-hydrogen) atoms. The van der Waals surface area contributed by atoms with Crippen molar-refractivity contribution in [2.75, 3.05) is 25.0 Å². The molecule has 2 aromatic carbocycles. The number of nitrogens with one attached hydrogen (secondary N) is 1. The average Bonchev–Trinajstić information content (AvgIpc) is 2.78. The van der Waals surface area contributed by atoms with Crippen molar-refractivity contribution in [2.24, 2.45) is 5.92 Å². The number of Topliss-reactive ketones (excluding diaryl/α,β-unsaturated/α-hetero) is 1. The van der Waals surface area contributed by atoms with E-state index in [1.165, 1.54) is 29.4 Å². The van der Waals surface area contributed by atoms with E-state index in [0.29, 0.717) is 29.8 Å². The van der Waals surface area contributed by atoms with Crippen molar-refractivity contribution >= 4 is 33.1 Å². The molecule has 0 unspecified atom stereocenters. The normalized spacial score (nSPS) is 17.2. The number of ether oxygens (including phenoxy) is 1. The van der Waals surface area contributed by atoms with Gasteiger partial charge in [0.25, 0.3) is 11.6 Å². The van der Waals surface area contributed by atoms with Crippen LogP contribution in [0.4, 0.5) is 11.4 Å². The molecule has 1 amide bonds. The van der Waals surface area contributed by atoms with E-state index in [9.17, 15) is 28.1 Å². The van der Waals surface area contributed by atoms with Crippen molar-refractivity contribution < 1.29 is 27.7 Å². The minimum absolute atomic E-state index is 0.0721. The second kappa shape index (κ2) is 8.32. The van der Waals surface area contributed by atoms with Crippen LogP contribution >= 0.6 is 0 Å². The minimum Gasteiger partial charge on any atom is -0.482 e. The number of benzene rings is 2. The van der Waals surface area contributed by atoms with Crippen molar-refractivity contribution in [3.8, 4) is 5.75 Å². The summed E-state index contributed by atoms with van der Waals surface area (Å²) in [5.74, 6) is -0.298. The van der Waals surface area contributed by atoms with Gasteiger partial charge in [-0.05, 0) is 44.0 Å². The summed E-state index contributed by atoms with van der Waals surface area (Å²) in [6.45, 7) is 1.61. The molecule has 1 fully saturated rings. The maximum absolute atomic E-state index is 13.1. The van der Waals surface area contributed by atoms with Gasteiger partial charge in [-0.1, -0.05) is 6.07 Å². The van der Waals surface area contributed by atoms with Gasteiger partial charge >= 0.3 is 0 Å². The van der Waals surface area contributed by atoms with Crippen molar-refractivity contribution in [1.82, 2.24) is 4.31 Å². The molecule has 11 heteroatoms. The van der Waals surface area contributed by atoms with Crippen LogP contribution in [0.5, 0.6) is 5.75 Å². The van der Waals surface area contributed by atoms with Crippen LogP contribution in [0.2, 0.25) is 0 Å². The number of carbonyl (C=O) groups is 2. The lowest BCUT2D eigenvalue weighted by molar-refractivity contribution is -0.385. The first-order valence-electron chi connectivity index (χ1n) is 10.0. The minimum atomic E-state index is -3.93. The lowest BCUT2D eigenvalue weighted by atomic mass is 9.89. The third kappa shape index (κ3) is 3.96. The van der Waals surface area contributed by atoms with E-state index in [-0.39, 0.29) is 53.5 Å². The Morgan fingerprint density at radius 2 is 1.94 bits per heavy atom. The van der Waals surface area contributed by atoms with Gasteiger partial charge in [0, 0.05) is 36.2 Å². The van der Waals surface area contributed by atoms with Gasteiger partial charge in [-0.2, -0.15) is 4.31 Å². The Labute approximate surface area is 184 Å². The second-order valence-corrected chi connectivity index (χ2v) is 9.65. The molecule has 0 radical (unpaired) electrons. The number of hydrogen-bond donors (Lipinski definition) is 1. The van der Waals surface area contributed by atoms with Gasteiger partial charge in [-0.3, -0.25) is 19.7 Å². The van der Waals surface area contributed by atoms with Gasteiger partial charge in [0.2, 0.25) is 10.0 Å². The average molecular weight is 459 g/mol. The number of nitro groups is 1. The van der Waals surface area contributed by atoms with Gasteiger partial charge < -0.3 is 10.1 Å². The van der Waals surface area contributed by atoms with Crippen molar-refractivity contribution in [1.29, 1.82) is 0 Å². The number of hydrogen-bond acceptors (Lipinski definition) is 7. The molecule has 4 rings (SSSR count). The van der Waals surface area contributed by atoms with Crippen LogP contribution in [0.3, 0.4) is 0 Å². The van der Waals surface area contributed by atoms with Gasteiger partial charge in [0.05, 0.1) is 15.5 Å². The number of nitrogens with zero attached hydrogens (tertiary/aromatic N) is 2. The van der Waals surface area contributed by atoms with Crippen LogP contribution in [0.25, 0.3) is 0 Å². The molecule has 10 nitrogen and oxygen atoms in total. The Balaban J connectivity index is 1.48. The Hall–Kier alpha value is -3.31. The lowest BCUT2D eigenvalue weighted by Crippen LogP contribution is -2.40. The van der Waals surface area contributed by atoms with Crippen LogP contribution in [0, 0.1) is 23.0 Å². The zero-order valence-electron chi connectivity index (χ0n) is 17.2. The van der Waals surface area contributed by atoms with Gasteiger partial charge in [-0.15, -0.1) is 0 Å². The smallest absolute Gasteiger partial charge is 0.273 e. The molecule has 2 aliphatic rings. The number of carbonyl (C=O) groups excluding carboxylic acids is 2. The summed E-state index contributed by atoms with van der Waals surface area (Å²) in [5, 5.41) is 13.8. The fourth-order valence-corrected chi connectivity index (χ4v) is 5.76. The molecular formula is C21H21N3O7S. The van der Waals surface area contributed by atoms with E-state index >= 15 is 0 Å². The van der Waals surface area contributed by atoms with Gasteiger partial charge in [0.15, 0.2) is 12.4 Å². The summed E-state index contributed by atoms with van der Waals surface area (Å²) in [5.41, 5.74) is 0.701. The Morgan fingerprint density at radius 3 is 2.62 bits per heavy atom. The zero-order valence-corrected chi connectivity index (χ0v) is 18.1. The quantitative estimate of drug-likeness (QED) is 0.412. The third-order valence-corrected chi connectivity index (χ3v) is 7.83. The number of fused-ring (bicyclic) bond motifs is 1. The number of piperidine rings is 1. The van der Waals surface area contributed by atoms with Crippen LogP contribution in [-0.2, 0) is 14.8 Å². The molecule has 0 saturated carbocycles. The summed E-state index contributed by atoms with van der Waals surface area (Å²) in [6, 6.07) is 8.82. The molecule has 0 bridgehead atoms. The van der Waals surface area contributed by atoms with E-state index in [1.807, 2.05) is 0 Å². The summed E-state index contributed by atoms with van der Waals surface area (Å²) < 4.78 is 32.7. The standard InChI is InChI=1S/C21H21N3O7S/c1-13-17(24(27)28)3-2-4-19(13)32(29,30)23-9-7-14(8-10-23)21(26)15-5-6-18-16(11-15)22-20(25)12-31-18/h2-6,11,14H,7-10,12H2,1H3,(H,22,25). The molecule has 2 aromatic rings. The van der Waals surface area contributed by atoms with Gasteiger partial charge in [-0.25, -0.2) is 8.42 Å². The first-order valence-corrected chi connectivity index (χ1v) is 11.5. The second-order valence-electron chi connectivity index (χ2n) is 7.75. The van der Waals surface area contributed by atoms with Crippen LogP contribution in [0.1, 0.15) is 28.8 Å². The summed E-state index contributed by atoms with van der Waals surface area (Å²) in [4.78, 5) is 35.0. The van der Waals surface area contributed by atoms with E-state index < -0.39 is 14.9 Å². The first kappa shape index (κ1) is 21.9. The van der Waals surface area contributed by atoms with E-state index in [2.05, 4.69) is 5.32 Å². The number of amides is 1. The molecule has 0 aliphatic carbocycles. The maximum atomic E-state index is 13.1. The highest BCUT2D eigenvalue weighted by Gasteiger charge is 2.34. The fourth-order valence-electron chi connectivity index (χ4n) is 4.05. The molecule has 1 saturated heterocycles. The number of ketones is 1. The zero-order chi connectivity index (χ0) is 23.0. The molecule has 2 heterocycles. The topological polar surface area (TPSA) is 136 Å². The highest BCUT2D eigenvalue weighted by atomic mass is 32.2. The van der Waals surface area contributed by atoms with Crippen LogP contribution in [0.15, 0.2) is 41.3 Å². The Bertz CT molecular complexity index is 1220. The number of sulfonamides is 1. The SMILES string of the molecule is Cc1c([N+](=O)[O-])cccc1S(=O)(=O)N1CCC(C(=O)c2ccc3c(c2)NC(=O)CO3)CC1. The number of anilines is 1. The lowest BCUT2D eigenvalue weighted by Gasteiger charge is -2.31. The van der Waals surface area contributed by atoms with Crippen LogP contribution < -0.4 is 10.1 Å². The monoisotopic (exact) mass is 459 g/mol. The summed E-state index contributed by atoms with van der Waals surface area (Å²) in [7, 11) is -3.93. The van der Waals surface area contributed by atoms with Crippen molar-refractivity contribution in [2.45, 2.75) is 24.7 Å². The van der Waals surface area contributed by atoms with Crippen molar-refractivity contribution in [3.05, 3.63) is 57.6 Å². The largest absolute Gasteiger partial charge is 0.482 e.